The van der Waals surface area contributed by atoms with Gasteiger partial charge in [0.25, 0.3) is 0 Å². The lowest BCUT2D eigenvalue weighted by Gasteiger charge is -2.38. The number of fused-ring (bicyclic) bond motifs is 18. The molecule has 1 aromatic carbocycles. The summed E-state index contributed by atoms with van der Waals surface area (Å²) in [5.74, 6) is -0.926. The lowest BCUT2D eigenvalue weighted by atomic mass is 9.65. The number of carbonyl (C=O) groups is 3. The molecule has 2 heterocycles. The Bertz CT molecular complexity index is 1190. The fraction of sp³-hybridized carbons (Fsp3) is 0.744. The van der Waals surface area contributed by atoms with Gasteiger partial charge in [-0.25, -0.2) is 0 Å². The molecule has 6 unspecified atom stereocenters. The molecule has 0 amide bonds. The van der Waals surface area contributed by atoms with E-state index in [4.69, 9.17) is 14.2 Å². The van der Waals surface area contributed by atoms with Crippen LogP contribution in [0.15, 0.2) is 24.3 Å². The van der Waals surface area contributed by atoms with Crippen LogP contribution in [-0.2, 0) is 41.4 Å². The summed E-state index contributed by atoms with van der Waals surface area (Å²) in [7, 11) is 0. The zero-order valence-corrected chi connectivity index (χ0v) is 30.3. The minimum absolute atomic E-state index is 0.0218. The topological polar surface area (TPSA) is 103 Å². The van der Waals surface area contributed by atoms with Crippen molar-refractivity contribution in [2.45, 2.75) is 133 Å². The van der Waals surface area contributed by atoms with Gasteiger partial charge in [0, 0.05) is 0 Å². The number of nitrogens with zero attached hydrogens (tertiary/aromatic N) is 1. The van der Waals surface area contributed by atoms with Gasteiger partial charge in [0.15, 0.2) is 0 Å². The van der Waals surface area contributed by atoms with E-state index in [9.17, 15) is 19.6 Å². The minimum atomic E-state index is -0.917. The smallest absolute Gasteiger partial charge is 0.312 e. The van der Waals surface area contributed by atoms with Crippen LogP contribution in [0.25, 0.3) is 0 Å². The molecular weight excluding hydrogens is 578 g/mol. The van der Waals surface area contributed by atoms with Crippen LogP contribution in [0.5, 0.6) is 0 Å². The van der Waals surface area contributed by atoms with Crippen LogP contribution in [0.4, 0.5) is 0 Å². The maximum Gasteiger partial charge on any atom is 0.312 e. The molecule has 0 spiro atoms. The molecule has 2 bridgehead atoms. The predicted molar refractivity (Wildman–Crippen MR) is 182 cm³/mol. The Hall–Kier alpha value is -2.88. The van der Waals surface area contributed by atoms with Crippen molar-refractivity contribution in [2.75, 3.05) is 19.8 Å². The van der Waals surface area contributed by atoms with E-state index in [1.165, 1.54) is 5.56 Å². The Balaban J connectivity index is 2.48. The highest BCUT2D eigenvalue weighted by Gasteiger charge is 2.46. The fourth-order valence-electron chi connectivity index (χ4n) is 6.73. The van der Waals surface area contributed by atoms with Gasteiger partial charge < -0.3 is 14.2 Å². The van der Waals surface area contributed by atoms with Gasteiger partial charge in [-0.05, 0) is 115 Å². The number of hydrogen-bond donors (Lipinski definition) is 0. The van der Waals surface area contributed by atoms with Crippen LogP contribution in [0.3, 0.4) is 0 Å². The Morgan fingerprint density at radius 1 is 0.978 bits per heavy atom. The Morgan fingerprint density at radius 3 is 2.09 bits per heavy atom. The fourth-order valence-corrected chi connectivity index (χ4v) is 6.73. The predicted octanol–water partition coefficient (Wildman–Crippen LogP) is 8.81. The molecule has 0 fully saturated rings. The van der Waals surface area contributed by atoms with Crippen LogP contribution >= 0.6 is 0 Å². The average Bonchev–Trinajstić information content (AvgIpc) is 3.06. The molecule has 1 aromatic rings. The number of aryl methyl sites for hydroxylation is 2. The molecule has 258 valence electrons. The van der Waals surface area contributed by atoms with Crippen LogP contribution < -0.4 is 0 Å². The third-order valence-electron chi connectivity index (χ3n) is 11.4. The lowest BCUT2D eigenvalue weighted by Crippen LogP contribution is -2.41. The van der Waals surface area contributed by atoms with Crippen molar-refractivity contribution in [3.05, 3.63) is 35.4 Å². The number of carbonyl (C=O) groups excluding carboxylic acids is 3. The summed E-state index contributed by atoms with van der Waals surface area (Å²) in [4.78, 5) is 40.6. The molecule has 2 aliphatic rings. The number of unbranched alkanes of at least 4 members (excludes halogenated alkanes) is 1. The van der Waals surface area contributed by atoms with Gasteiger partial charge in [-0.2, -0.15) is 5.26 Å². The van der Waals surface area contributed by atoms with Gasteiger partial charge in [-0.1, -0.05) is 65.3 Å². The molecular formula is C39H61NO6. The molecule has 7 heteroatoms. The normalized spacial score (nSPS) is 30.2. The van der Waals surface area contributed by atoms with Gasteiger partial charge in [0.1, 0.15) is 13.2 Å². The first-order valence-electron chi connectivity index (χ1n) is 17.7. The molecule has 2 aliphatic heterocycles. The van der Waals surface area contributed by atoms with Crippen LogP contribution in [0, 0.1) is 44.8 Å². The summed E-state index contributed by atoms with van der Waals surface area (Å²) in [6.45, 7) is 18.1. The van der Waals surface area contributed by atoms with E-state index in [-0.39, 0.29) is 37.0 Å². The van der Waals surface area contributed by atoms with Crippen molar-refractivity contribution < 1.29 is 28.6 Å². The number of esters is 3. The number of nitriles is 1. The number of hydrogen-bond acceptors (Lipinski definition) is 7. The molecule has 0 saturated heterocycles. The Kier molecular flexibility index (Phi) is 14.8. The van der Waals surface area contributed by atoms with Gasteiger partial charge in [0.05, 0.1) is 34.3 Å². The van der Waals surface area contributed by atoms with Crippen molar-refractivity contribution >= 4 is 17.9 Å². The Morgan fingerprint density at radius 2 is 1.57 bits per heavy atom. The van der Waals surface area contributed by atoms with Crippen molar-refractivity contribution in [3.8, 4) is 6.07 Å². The van der Waals surface area contributed by atoms with E-state index in [0.717, 1.165) is 44.1 Å². The van der Waals surface area contributed by atoms with Crippen LogP contribution in [-0.4, -0.2) is 37.7 Å². The minimum Gasteiger partial charge on any atom is -0.465 e. The highest BCUT2D eigenvalue weighted by Crippen LogP contribution is 2.45. The summed E-state index contributed by atoms with van der Waals surface area (Å²) >= 11 is 0. The van der Waals surface area contributed by atoms with Gasteiger partial charge in [-0.15, -0.1) is 0 Å². The highest BCUT2D eigenvalue weighted by molar-refractivity contribution is 5.81. The van der Waals surface area contributed by atoms with E-state index in [0.29, 0.717) is 38.7 Å². The second-order valence-corrected chi connectivity index (χ2v) is 14.8. The second kappa shape index (κ2) is 17.3. The Labute approximate surface area is 279 Å². The first-order valence-corrected chi connectivity index (χ1v) is 17.7. The van der Waals surface area contributed by atoms with Gasteiger partial charge >= 0.3 is 17.9 Å². The van der Waals surface area contributed by atoms with Crippen molar-refractivity contribution in [1.29, 1.82) is 5.26 Å². The molecule has 0 aromatic heterocycles. The molecule has 7 nitrogen and oxygen atoms in total. The first kappa shape index (κ1) is 39.3. The largest absolute Gasteiger partial charge is 0.465 e. The summed E-state index contributed by atoms with van der Waals surface area (Å²) < 4.78 is 17.2. The number of rotatable bonds is 8. The second-order valence-electron chi connectivity index (χ2n) is 14.8. The maximum absolute atomic E-state index is 13.5. The molecule has 46 heavy (non-hydrogen) atoms. The van der Waals surface area contributed by atoms with E-state index in [1.54, 1.807) is 0 Å². The monoisotopic (exact) mass is 639 g/mol. The van der Waals surface area contributed by atoms with Crippen molar-refractivity contribution in [1.82, 2.24) is 0 Å². The van der Waals surface area contributed by atoms with Crippen molar-refractivity contribution in [2.24, 2.45) is 33.5 Å². The lowest BCUT2D eigenvalue weighted by molar-refractivity contribution is -0.169. The van der Waals surface area contributed by atoms with E-state index >= 15 is 0 Å². The molecule has 0 saturated carbocycles. The van der Waals surface area contributed by atoms with E-state index in [1.807, 2.05) is 41.5 Å². The zero-order chi connectivity index (χ0) is 34.6. The summed E-state index contributed by atoms with van der Waals surface area (Å²) in [6, 6.07) is 11.1. The van der Waals surface area contributed by atoms with E-state index < -0.39 is 27.6 Å². The summed E-state index contributed by atoms with van der Waals surface area (Å²) in [5, 5.41) is 10.2. The molecule has 6 atom stereocenters. The van der Waals surface area contributed by atoms with Crippen LogP contribution in [0.2, 0.25) is 0 Å². The standard InChI is InChI=1S/C39H61NO6/c1-10-14-23-44-34(42)38(8)22-21-31-17-15-30(16-18-31)19-20-32(37(7,12-3)28-40)26-29(5)39(9,13-4)35(43)46-25-24-45-33(41)36(6,11-2)27-38/h15-18,29,32H,10-14,19-27H2,1-9H3. The van der Waals surface area contributed by atoms with E-state index in [2.05, 4.69) is 51.1 Å². The summed E-state index contributed by atoms with van der Waals surface area (Å²) in [5.41, 5.74) is -0.750. The third kappa shape index (κ3) is 9.81. The van der Waals surface area contributed by atoms with Crippen LogP contribution in [0.1, 0.15) is 131 Å². The van der Waals surface area contributed by atoms with Gasteiger partial charge in [-0.3, -0.25) is 14.4 Å². The molecule has 0 radical (unpaired) electrons. The quantitative estimate of drug-likeness (QED) is 0.159. The average molecular weight is 640 g/mol. The number of ether oxygens (including phenoxy) is 3. The maximum atomic E-state index is 13.5. The molecule has 0 N–H and O–H groups in total. The molecule has 3 rings (SSSR count). The summed E-state index contributed by atoms with van der Waals surface area (Å²) in [6.07, 6.45) is 7.42. The molecule has 0 aliphatic carbocycles. The first-order chi connectivity index (χ1) is 21.7. The van der Waals surface area contributed by atoms with Gasteiger partial charge in [0.2, 0.25) is 0 Å². The number of benzene rings is 1. The highest BCUT2D eigenvalue weighted by atomic mass is 16.6. The SMILES string of the molecule is CCCCOC(=O)C1(C)CCc2ccc(cc2)CCC(C(C)(C#N)CC)CC(C)C(C)(CC)C(=O)OCCOC(=O)C(C)(CC)C1. The zero-order valence-electron chi connectivity index (χ0n) is 30.3. The van der Waals surface area contributed by atoms with Crippen molar-refractivity contribution in [3.63, 3.8) is 0 Å². The third-order valence-corrected chi connectivity index (χ3v) is 11.4.